The van der Waals surface area contributed by atoms with Crippen LogP contribution >= 0.6 is 22.6 Å². The van der Waals surface area contributed by atoms with E-state index in [2.05, 4.69) is 73.8 Å². The molecule has 0 atom stereocenters. The third-order valence-corrected chi connectivity index (χ3v) is 6.12. The lowest BCUT2D eigenvalue weighted by atomic mass is 9.90. The minimum absolute atomic E-state index is 0.0567. The van der Waals surface area contributed by atoms with Crippen LogP contribution in [-0.4, -0.2) is 5.91 Å². The summed E-state index contributed by atoms with van der Waals surface area (Å²) < 4.78 is 7.49. The molecule has 3 aromatic carbocycles. The number of nitrogens with one attached hydrogen (secondary N) is 1. The van der Waals surface area contributed by atoms with E-state index in [0.29, 0.717) is 5.57 Å². The second-order valence-electron chi connectivity index (χ2n) is 8.46. The number of amides is 1. The van der Waals surface area contributed by atoms with E-state index < -0.39 is 0 Å². The van der Waals surface area contributed by atoms with Gasteiger partial charge in [0.15, 0.2) is 0 Å². The van der Waals surface area contributed by atoms with Crippen LogP contribution in [0.4, 0.5) is 5.69 Å². The summed E-state index contributed by atoms with van der Waals surface area (Å²) >= 11 is 2.28. The Morgan fingerprint density at radius 2 is 1.55 bits per heavy atom. The average Bonchev–Trinajstić information content (AvgIpc) is 3.03. The van der Waals surface area contributed by atoms with E-state index in [1.807, 2.05) is 48.5 Å². The van der Waals surface area contributed by atoms with Gasteiger partial charge in [-0.2, -0.15) is 0 Å². The van der Waals surface area contributed by atoms with Crippen molar-refractivity contribution in [1.82, 2.24) is 0 Å². The van der Waals surface area contributed by atoms with Gasteiger partial charge in [0.25, 0.3) is 5.91 Å². The summed E-state index contributed by atoms with van der Waals surface area (Å²) in [7, 11) is 0. The molecule has 158 valence electrons. The number of anilines is 1. The highest BCUT2D eigenvalue weighted by molar-refractivity contribution is 14.1. The number of para-hydroxylation sites is 1. The number of rotatable bonds is 5. The van der Waals surface area contributed by atoms with Crippen LogP contribution in [0.3, 0.4) is 0 Å². The maximum atomic E-state index is 12.7. The zero-order valence-corrected chi connectivity index (χ0v) is 20.4. The summed E-state index contributed by atoms with van der Waals surface area (Å²) in [5.41, 5.74) is 5.83. The van der Waals surface area contributed by atoms with Crippen LogP contribution in [0.1, 0.15) is 61.8 Å². The summed E-state index contributed by atoms with van der Waals surface area (Å²) in [4.78, 5) is 12.7. The van der Waals surface area contributed by atoms with Crippen LogP contribution in [-0.2, 0) is 4.79 Å². The lowest BCUT2D eigenvalue weighted by molar-refractivity contribution is -0.110. The number of hydrogen-bond acceptors (Lipinski definition) is 2. The fraction of sp³-hybridized carbons (Fsp3) is 0.222. The Morgan fingerprint density at radius 3 is 2.16 bits per heavy atom. The summed E-state index contributed by atoms with van der Waals surface area (Å²) in [5.74, 6) is 2.25. The predicted molar refractivity (Wildman–Crippen MR) is 137 cm³/mol. The lowest BCUT2D eigenvalue weighted by Gasteiger charge is -2.21. The number of hydrogen-bond donors (Lipinski definition) is 1. The Labute approximate surface area is 197 Å². The molecule has 0 fully saturated rings. The van der Waals surface area contributed by atoms with Crippen molar-refractivity contribution in [2.24, 2.45) is 0 Å². The molecule has 0 radical (unpaired) electrons. The number of carbonyl (C=O) groups excluding carboxylic acids is 1. The molecule has 0 saturated carbocycles. The molecule has 1 heterocycles. The van der Waals surface area contributed by atoms with Crippen LogP contribution < -0.4 is 10.1 Å². The normalized spacial score (nSPS) is 14.3. The maximum Gasteiger partial charge on any atom is 0.256 e. The van der Waals surface area contributed by atoms with Crippen molar-refractivity contribution in [3.63, 3.8) is 0 Å². The summed E-state index contributed by atoms with van der Waals surface area (Å²) in [6, 6.07) is 20.2. The highest BCUT2D eigenvalue weighted by atomic mass is 127. The second-order valence-corrected chi connectivity index (χ2v) is 9.70. The van der Waals surface area contributed by atoms with Gasteiger partial charge < -0.3 is 10.1 Å². The molecule has 0 unspecified atom stereocenters. The third-order valence-electron chi connectivity index (χ3n) is 5.45. The standard InChI is InChI=1S/C27H26INO2/c1-16(2)21-12-18(14-24-23-15-19(28)10-11-25(23)29-27(24)30)13-22(17(3)4)26(21)31-20-8-6-5-7-9-20/h5-17H,1-4H3,(H,29,30). The Balaban J connectivity index is 1.84. The molecule has 4 rings (SSSR count). The van der Waals surface area contributed by atoms with Gasteiger partial charge in [0, 0.05) is 20.4 Å². The molecular weight excluding hydrogens is 497 g/mol. The summed E-state index contributed by atoms with van der Waals surface area (Å²) in [6.45, 7) is 8.70. The Morgan fingerprint density at radius 1 is 0.903 bits per heavy atom. The molecule has 1 aliphatic rings. The average molecular weight is 523 g/mol. The van der Waals surface area contributed by atoms with Crippen molar-refractivity contribution in [2.75, 3.05) is 5.32 Å². The number of benzene rings is 3. The van der Waals surface area contributed by atoms with Crippen molar-refractivity contribution in [3.05, 3.63) is 86.5 Å². The molecule has 0 bridgehead atoms. The number of halogens is 1. The van der Waals surface area contributed by atoms with Crippen LogP contribution in [0.15, 0.2) is 60.7 Å². The molecule has 0 aromatic heterocycles. The Hall–Kier alpha value is -2.60. The molecule has 0 aliphatic carbocycles. The molecule has 1 aliphatic heterocycles. The number of fused-ring (bicyclic) bond motifs is 1. The molecule has 0 spiro atoms. The van der Waals surface area contributed by atoms with Gasteiger partial charge in [0.05, 0.1) is 0 Å². The molecule has 1 N–H and O–H groups in total. The van der Waals surface area contributed by atoms with Gasteiger partial charge in [0.1, 0.15) is 11.5 Å². The predicted octanol–water partition coefficient (Wildman–Crippen LogP) is 7.82. The van der Waals surface area contributed by atoms with Crippen molar-refractivity contribution in [3.8, 4) is 11.5 Å². The van der Waals surface area contributed by atoms with Gasteiger partial charge >= 0.3 is 0 Å². The van der Waals surface area contributed by atoms with Gasteiger partial charge in [-0.3, -0.25) is 4.79 Å². The van der Waals surface area contributed by atoms with Gasteiger partial charge in [-0.05, 0) is 99.7 Å². The minimum atomic E-state index is -0.0567. The van der Waals surface area contributed by atoms with E-state index in [4.69, 9.17) is 4.74 Å². The summed E-state index contributed by atoms with van der Waals surface area (Å²) in [5, 5.41) is 2.98. The SMILES string of the molecule is CC(C)c1cc(C=C2C(=O)Nc3ccc(I)cc32)cc(C(C)C)c1Oc1ccccc1. The Kier molecular flexibility index (Phi) is 6.19. The molecule has 4 heteroatoms. The first-order chi connectivity index (χ1) is 14.8. The van der Waals surface area contributed by atoms with Gasteiger partial charge in [-0.1, -0.05) is 45.9 Å². The van der Waals surface area contributed by atoms with Gasteiger partial charge in [0.2, 0.25) is 0 Å². The topological polar surface area (TPSA) is 38.3 Å². The molecule has 31 heavy (non-hydrogen) atoms. The fourth-order valence-corrected chi connectivity index (χ4v) is 4.33. The van der Waals surface area contributed by atoms with Crippen LogP contribution in [0, 0.1) is 3.57 Å². The summed E-state index contributed by atoms with van der Waals surface area (Å²) in [6.07, 6.45) is 2.00. The van der Waals surface area contributed by atoms with Crippen molar-refractivity contribution >= 4 is 45.8 Å². The van der Waals surface area contributed by atoms with Gasteiger partial charge in [-0.15, -0.1) is 0 Å². The second kappa shape index (κ2) is 8.87. The molecule has 0 saturated heterocycles. The van der Waals surface area contributed by atoms with E-state index in [0.717, 1.165) is 43.0 Å². The first-order valence-corrected chi connectivity index (χ1v) is 11.6. The van der Waals surface area contributed by atoms with E-state index in [-0.39, 0.29) is 17.7 Å². The highest BCUT2D eigenvalue weighted by Gasteiger charge is 2.25. The van der Waals surface area contributed by atoms with Crippen molar-refractivity contribution in [2.45, 2.75) is 39.5 Å². The van der Waals surface area contributed by atoms with Crippen molar-refractivity contribution < 1.29 is 9.53 Å². The number of ether oxygens (including phenoxy) is 1. The van der Waals surface area contributed by atoms with E-state index in [1.165, 1.54) is 0 Å². The number of carbonyl (C=O) groups is 1. The van der Waals surface area contributed by atoms with Crippen molar-refractivity contribution in [1.29, 1.82) is 0 Å². The molecule has 1 amide bonds. The largest absolute Gasteiger partial charge is 0.457 e. The highest BCUT2D eigenvalue weighted by Crippen LogP contribution is 2.40. The first kappa shape index (κ1) is 21.6. The third kappa shape index (κ3) is 4.54. The van der Waals surface area contributed by atoms with Gasteiger partial charge in [-0.25, -0.2) is 0 Å². The maximum absolute atomic E-state index is 12.7. The zero-order valence-electron chi connectivity index (χ0n) is 18.2. The fourth-order valence-electron chi connectivity index (χ4n) is 3.83. The smallest absolute Gasteiger partial charge is 0.256 e. The van der Waals surface area contributed by atoms with E-state index in [1.54, 1.807) is 0 Å². The Bertz CT molecular complexity index is 1130. The minimum Gasteiger partial charge on any atom is -0.457 e. The van der Waals surface area contributed by atoms with Crippen LogP contribution in [0.5, 0.6) is 11.5 Å². The first-order valence-electron chi connectivity index (χ1n) is 10.6. The van der Waals surface area contributed by atoms with Crippen LogP contribution in [0.2, 0.25) is 0 Å². The molecule has 3 nitrogen and oxygen atoms in total. The molecular formula is C27H26INO2. The van der Waals surface area contributed by atoms with E-state index >= 15 is 0 Å². The van der Waals surface area contributed by atoms with Crippen LogP contribution in [0.25, 0.3) is 11.6 Å². The molecule has 3 aromatic rings. The lowest BCUT2D eigenvalue weighted by Crippen LogP contribution is -2.04. The zero-order chi connectivity index (χ0) is 22.1. The van der Waals surface area contributed by atoms with E-state index in [9.17, 15) is 4.79 Å². The quantitative estimate of drug-likeness (QED) is 0.274. The monoisotopic (exact) mass is 523 g/mol.